The number of hydrogen-bond donors (Lipinski definition) is 1. The highest BCUT2D eigenvalue weighted by Crippen LogP contribution is 2.34. The Bertz CT molecular complexity index is 909. The zero-order valence-corrected chi connectivity index (χ0v) is 16.9. The molecule has 0 radical (unpaired) electrons. The van der Waals surface area contributed by atoms with Crippen molar-refractivity contribution < 1.29 is 9.21 Å². The Kier molecular flexibility index (Phi) is 5.81. The van der Waals surface area contributed by atoms with Crippen molar-refractivity contribution in [3.05, 3.63) is 95.4 Å². The highest BCUT2D eigenvalue weighted by molar-refractivity contribution is 5.88. The molecule has 0 aliphatic heterocycles. The van der Waals surface area contributed by atoms with Gasteiger partial charge in [-0.2, -0.15) is 0 Å². The van der Waals surface area contributed by atoms with Gasteiger partial charge in [0.2, 0.25) is 5.91 Å². The van der Waals surface area contributed by atoms with Gasteiger partial charge in [0.15, 0.2) is 0 Å². The molecule has 1 N–H and O–H groups in total. The smallest absolute Gasteiger partial charge is 0.241 e. The van der Waals surface area contributed by atoms with Crippen LogP contribution in [0.4, 0.5) is 0 Å². The van der Waals surface area contributed by atoms with Crippen molar-refractivity contribution >= 4 is 5.91 Å². The average Bonchev–Trinajstić information content (AvgIpc) is 3.41. The van der Waals surface area contributed by atoms with E-state index in [1.807, 2.05) is 18.2 Å². The van der Waals surface area contributed by atoms with Gasteiger partial charge in [0.1, 0.15) is 11.3 Å². The van der Waals surface area contributed by atoms with Crippen LogP contribution in [-0.4, -0.2) is 36.5 Å². The topological polar surface area (TPSA) is 45.5 Å². The van der Waals surface area contributed by atoms with Crippen molar-refractivity contribution in [2.75, 3.05) is 20.1 Å². The van der Waals surface area contributed by atoms with Gasteiger partial charge in [-0.25, -0.2) is 0 Å². The molecule has 1 aliphatic rings. The Morgan fingerprint density at radius 1 is 0.966 bits per heavy atom. The second kappa shape index (κ2) is 8.66. The minimum Gasteiger partial charge on any atom is -0.469 e. The molecule has 1 amide bonds. The van der Waals surface area contributed by atoms with E-state index < -0.39 is 5.54 Å². The number of furan rings is 1. The Morgan fingerprint density at radius 2 is 1.66 bits per heavy atom. The zero-order valence-electron chi connectivity index (χ0n) is 16.9. The molecular formula is C25H28N2O2. The standard InChI is InChI=1S/C25H28N2O2/c1-27(16-14-20-8-3-2-4-9-20)25(18-21-10-5-6-11-22(21)19-25)24(28)26-15-13-23-12-7-17-29-23/h2-12,17H,13-16,18-19H2,1H3,(H,26,28). The van der Waals surface area contributed by atoms with E-state index >= 15 is 0 Å². The molecule has 4 nitrogen and oxygen atoms in total. The van der Waals surface area contributed by atoms with Crippen LogP contribution in [0.2, 0.25) is 0 Å². The summed E-state index contributed by atoms with van der Waals surface area (Å²) in [7, 11) is 2.08. The summed E-state index contributed by atoms with van der Waals surface area (Å²) in [6.07, 6.45) is 4.80. The van der Waals surface area contributed by atoms with E-state index in [0.29, 0.717) is 13.0 Å². The SMILES string of the molecule is CN(CCc1ccccc1)C1(C(=O)NCCc2ccco2)Cc2ccccc2C1. The normalized spacial score (nSPS) is 14.7. The largest absolute Gasteiger partial charge is 0.469 e. The third-order valence-electron chi connectivity index (χ3n) is 6.05. The summed E-state index contributed by atoms with van der Waals surface area (Å²) in [6.45, 7) is 1.42. The molecule has 1 aromatic heterocycles. The molecule has 150 valence electrons. The molecule has 0 unspecified atom stereocenters. The second-order valence-electron chi connectivity index (χ2n) is 7.90. The monoisotopic (exact) mass is 388 g/mol. The number of nitrogens with zero attached hydrogens (tertiary/aromatic N) is 1. The van der Waals surface area contributed by atoms with Crippen molar-refractivity contribution in [3.63, 3.8) is 0 Å². The Morgan fingerprint density at radius 3 is 2.31 bits per heavy atom. The van der Waals surface area contributed by atoms with Crippen LogP contribution in [0.25, 0.3) is 0 Å². The van der Waals surface area contributed by atoms with Crippen molar-refractivity contribution in [2.24, 2.45) is 0 Å². The van der Waals surface area contributed by atoms with Crippen LogP contribution < -0.4 is 5.32 Å². The molecule has 3 aromatic rings. The minimum absolute atomic E-state index is 0.107. The van der Waals surface area contributed by atoms with E-state index in [2.05, 4.69) is 65.8 Å². The Hall–Kier alpha value is -2.85. The fourth-order valence-corrected chi connectivity index (χ4v) is 4.27. The lowest BCUT2D eigenvalue weighted by Crippen LogP contribution is -2.59. The minimum atomic E-state index is -0.540. The summed E-state index contributed by atoms with van der Waals surface area (Å²) < 4.78 is 5.39. The number of likely N-dealkylation sites (N-methyl/N-ethyl adjacent to an activating group) is 1. The first-order valence-electron chi connectivity index (χ1n) is 10.3. The number of carbonyl (C=O) groups is 1. The number of nitrogens with one attached hydrogen (secondary N) is 1. The molecule has 0 saturated heterocycles. The van der Waals surface area contributed by atoms with Gasteiger partial charge in [0.25, 0.3) is 0 Å². The van der Waals surface area contributed by atoms with Crippen LogP contribution in [0.5, 0.6) is 0 Å². The average molecular weight is 389 g/mol. The Balaban J connectivity index is 1.47. The van der Waals surface area contributed by atoms with Crippen molar-refractivity contribution in [2.45, 2.75) is 31.2 Å². The van der Waals surface area contributed by atoms with E-state index in [4.69, 9.17) is 4.42 Å². The van der Waals surface area contributed by atoms with Crippen molar-refractivity contribution in [1.82, 2.24) is 10.2 Å². The first-order chi connectivity index (χ1) is 14.2. The second-order valence-corrected chi connectivity index (χ2v) is 7.90. The highest BCUT2D eigenvalue weighted by Gasteiger charge is 2.46. The number of benzene rings is 2. The molecule has 4 rings (SSSR count). The van der Waals surface area contributed by atoms with Crippen LogP contribution in [-0.2, 0) is 30.5 Å². The van der Waals surface area contributed by atoms with E-state index in [9.17, 15) is 4.79 Å². The molecule has 2 aromatic carbocycles. The molecule has 1 aliphatic carbocycles. The van der Waals surface area contributed by atoms with Gasteiger partial charge >= 0.3 is 0 Å². The number of rotatable bonds is 8. The summed E-state index contributed by atoms with van der Waals surface area (Å²) in [5.41, 5.74) is 3.31. The van der Waals surface area contributed by atoms with Gasteiger partial charge in [-0.3, -0.25) is 9.69 Å². The molecule has 0 saturated carbocycles. The summed E-state index contributed by atoms with van der Waals surface area (Å²) in [5.74, 6) is 1.00. The highest BCUT2D eigenvalue weighted by atomic mass is 16.3. The van der Waals surface area contributed by atoms with Gasteiger partial charge in [-0.15, -0.1) is 0 Å². The van der Waals surface area contributed by atoms with Crippen LogP contribution >= 0.6 is 0 Å². The summed E-state index contributed by atoms with van der Waals surface area (Å²) >= 11 is 0. The van der Waals surface area contributed by atoms with E-state index in [0.717, 1.165) is 31.6 Å². The molecule has 4 heteroatoms. The molecule has 1 heterocycles. The first-order valence-corrected chi connectivity index (χ1v) is 10.3. The molecule has 0 bridgehead atoms. The van der Waals surface area contributed by atoms with Gasteiger partial charge < -0.3 is 9.73 Å². The van der Waals surface area contributed by atoms with Gasteiger partial charge in [0.05, 0.1) is 6.26 Å². The van der Waals surface area contributed by atoms with Crippen LogP contribution in [0, 0.1) is 0 Å². The Labute approximate surface area is 172 Å². The number of fused-ring (bicyclic) bond motifs is 1. The van der Waals surface area contributed by atoms with Crippen LogP contribution in [0.3, 0.4) is 0 Å². The first kappa shape index (κ1) is 19.5. The van der Waals surface area contributed by atoms with Gasteiger partial charge in [0, 0.05) is 32.4 Å². The maximum absolute atomic E-state index is 13.4. The van der Waals surface area contributed by atoms with E-state index in [1.54, 1.807) is 6.26 Å². The predicted molar refractivity (Wildman–Crippen MR) is 115 cm³/mol. The zero-order chi connectivity index (χ0) is 20.1. The molecule has 29 heavy (non-hydrogen) atoms. The number of amides is 1. The molecule has 0 atom stereocenters. The maximum Gasteiger partial charge on any atom is 0.241 e. The fourth-order valence-electron chi connectivity index (χ4n) is 4.27. The fraction of sp³-hybridized carbons (Fsp3) is 0.320. The van der Waals surface area contributed by atoms with Crippen molar-refractivity contribution in [3.8, 4) is 0 Å². The molecular weight excluding hydrogens is 360 g/mol. The quantitative estimate of drug-likeness (QED) is 0.641. The van der Waals surface area contributed by atoms with Crippen molar-refractivity contribution in [1.29, 1.82) is 0 Å². The van der Waals surface area contributed by atoms with E-state index in [-0.39, 0.29) is 5.91 Å². The lowest BCUT2D eigenvalue weighted by Gasteiger charge is -2.37. The number of hydrogen-bond acceptors (Lipinski definition) is 3. The lowest BCUT2D eigenvalue weighted by atomic mass is 9.91. The van der Waals surface area contributed by atoms with E-state index in [1.165, 1.54) is 16.7 Å². The molecule has 0 fully saturated rings. The van der Waals surface area contributed by atoms with Crippen LogP contribution in [0.15, 0.2) is 77.4 Å². The third-order valence-corrected chi connectivity index (χ3v) is 6.05. The predicted octanol–water partition coefficient (Wildman–Crippen LogP) is 3.65. The van der Waals surface area contributed by atoms with Crippen LogP contribution in [0.1, 0.15) is 22.5 Å². The van der Waals surface area contributed by atoms with Gasteiger partial charge in [-0.1, -0.05) is 54.6 Å². The van der Waals surface area contributed by atoms with Gasteiger partial charge in [-0.05, 0) is 42.3 Å². The lowest BCUT2D eigenvalue weighted by molar-refractivity contribution is -0.132. The third kappa shape index (κ3) is 4.28. The maximum atomic E-state index is 13.4. The summed E-state index contributed by atoms with van der Waals surface area (Å²) in [6, 6.07) is 22.7. The number of carbonyl (C=O) groups excluding carboxylic acids is 1. The molecule has 0 spiro atoms. The summed E-state index contributed by atoms with van der Waals surface area (Å²) in [4.78, 5) is 15.7. The summed E-state index contributed by atoms with van der Waals surface area (Å²) in [5, 5.41) is 3.18.